The molecule has 0 amide bonds. The van der Waals surface area contributed by atoms with Crippen LogP contribution in [0.3, 0.4) is 0 Å². The summed E-state index contributed by atoms with van der Waals surface area (Å²) in [6.07, 6.45) is 27.0. The van der Waals surface area contributed by atoms with E-state index in [0.717, 1.165) is 0 Å². The second-order valence-corrected chi connectivity index (χ2v) is 7.28. The van der Waals surface area contributed by atoms with Crippen LogP contribution in [0, 0.1) is 0 Å². The first-order valence-electron chi connectivity index (χ1n) is 10.6. The lowest BCUT2D eigenvalue weighted by Gasteiger charge is -2.05. The van der Waals surface area contributed by atoms with E-state index in [9.17, 15) is 0 Å². The maximum absolute atomic E-state index is 4.15. The average molecular weight is 321 g/mol. The number of hydrogen-bond acceptors (Lipinski definition) is 0. The van der Waals surface area contributed by atoms with Gasteiger partial charge >= 0.3 is 0 Å². The van der Waals surface area contributed by atoms with Crippen molar-refractivity contribution in [2.75, 3.05) is 0 Å². The summed E-state index contributed by atoms with van der Waals surface area (Å²) in [7, 11) is 0. The van der Waals surface area contributed by atoms with Crippen LogP contribution < -0.4 is 0 Å². The smallest absolute Gasteiger partial charge is 0.0323 e. The molecule has 0 spiro atoms. The van der Waals surface area contributed by atoms with Gasteiger partial charge in [-0.3, -0.25) is 0 Å². The van der Waals surface area contributed by atoms with Gasteiger partial charge in [0.25, 0.3) is 0 Å². The fourth-order valence-electron chi connectivity index (χ4n) is 3.26. The van der Waals surface area contributed by atoms with Crippen LogP contribution in [-0.4, -0.2) is 0 Å². The normalized spacial score (nSPS) is 10.8. The molecule has 0 atom stereocenters. The highest BCUT2D eigenvalue weighted by molar-refractivity contribution is 4.92. The highest BCUT2D eigenvalue weighted by Gasteiger charge is 1.96. The summed E-state index contributed by atoms with van der Waals surface area (Å²) in [5, 5.41) is 0. The lowest BCUT2D eigenvalue weighted by atomic mass is 10.0. The first-order chi connectivity index (χ1) is 11.3. The van der Waals surface area contributed by atoms with E-state index in [1.54, 1.807) is 0 Å². The minimum atomic E-state index is 1.20. The molecule has 136 valence electrons. The van der Waals surface area contributed by atoms with Gasteiger partial charge in [-0.2, -0.15) is 0 Å². The maximum atomic E-state index is 4.15. The Morgan fingerprint density at radius 1 is 0.609 bits per heavy atom. The Morgan fingerprint density at radius 3 is 1.39 bits per heavy atom. The summed E-state index contributed by atoms with van der Waals surface area (Å²) < 4.78 is 0. The van der Waals surface area contributed by atoms with Crippen molar-refractivity contribution in [3.63, 3.8) is 0 Å². The second-order valence-electron chi connectivity index (χ2n) is 7.28. The van der Waals surface area contributed by atoms with Gasteiger partial charge in [0.05, 0.1) is 0 Å². The van der Waals surface area contributed by atoms with Crippen LogP contribution in [0.4, 0.5) is 0 Å². The topological polar surface area (TPSA) is 0 Å². The molecule has 23 heavy (non-hydrogen) atoms. The van der Waals surface area contributed by atoms with E-state index >= 15 is 0 Å². The summed E-state index contributed by atoms with van der Waals surface area (Å²) in [4.78, 5) is 0. The van der Waals surface area contributed by atoms with Crippen LogP contribution in [0.15, 0.2) is 24.8 Å². The zero-order valence-corrected chi connectivity index (χ0v) is 16.2. The van der Waals surface area contributed by atoms with Gasteiger partial charge in [0.1, 0.15) is 0 Å². The largest absolute Gasteiger partial charge is 0.103 e. The molecule has 0 saturated carbocycles. The minimum Gasteiger partial charge on any atom is -0.103 e. The Labute approximate surface area is 147 Å². The molecule has 0 unspecified atom stereocenters. The van der Waals surface area contributed by atoms with Crippen LogP contribution in [0.5, 0.6) is 0 Å². The monoisotopic (exact) mass is 320 g/mol. The molecule has 0 heteroatoms. The van der Waals surface area contributed by atoms with Crippen molar-refractivity contribution in [1.82, 2.24) is 0 Å². The van der Waals surface area contributed by atoms with Crippen molar-refractivity contribution in [1.29, 1.82) is 0 Å². The fraction of sp³-hybridized carbons (Fsp3) is 0.826. The van der Waals surface area contributed by atoms with Gasteiger partial charge in [0.15, 0.2) is 0 Å². The van der Waals surface area contributed by atoms with Crippen molar-refractivity contribution < 1.29 is 0 Å². The average Bonchev–Trinajstić information content (AvgIpc) is 2.54. The zero-order valence-electron chi connectivity index (χ0n) is 16.2. The van der Waals surface area contributed by atoms with Gasteiger partial charge in [0.2, 0.25) is 0 Å². The molecule has 0 radical (unpaired) electrons. The molecular formula is C23H44. The lowest BCUT2D eigenvalue weighted by molar-refractivity contribution is 0.533. The van der Waals surface area contributed by atoms with E-state index in [-0.39, 0.29) is 0 Å². The van der Waals surface area contributed by atoms with Gasteiger partial charge in [-0.25, -0.2) is 0 Å². The van der Waals surface area contributed by atoms with Crippen LogP contribution in [-0.2, 0) is 0 Å². The molecule has 0 aliphatic rings. The number of allylic oxidation sites excluding steroid dienone is 2. The molecule has 0 rings (SSSR count). The number of rotatable bonds is 19. The van der Waals surface area contributed by atoms with E-state index < -0.39 is 0 Å². The van der Waals surface area contributed by atoms with Gasteiger partial charge in [-0.1, -0.05) is 109 Å². The predicted octanol–water partition coefficient (Wildman–Crippen LogP) is 8.77. The molecule has 0 nitrogen and oxygen atoms in total. The van der Waals surface area contributed by atoms with E-state index in [1.807, 2.05) is 6.08 Å². The molecule has 0 aromatic carbocycles. The maximum Gasteiger partial charge on any atom is -0.0323 e. The van der Waals surface area contributed by atoms with Crippen LogP contribution in [0.1, 0.15) is 122 Å². The van der Waals surface area contributed by atoms with Crippen molar-refractivity contribution in [3.8, 4) is 0 Å². The SMILES string of the molecule is C=CCCCCCCCCCCCCCCCCC(=C)CCC. The number of unbranched alkanes of at least 4 members (excludes halogenated alkanes) is 14. The standard InChI is InChI=1S/C23H44/c1-4-6-7-8-9-10-11-12-13-14-15-16-17-18-19-20-22-23(3)21-5-2/h4H,1,3,5-22H2,2H3. The molecule has 0 aliphatic carbocycles. The van der Waals surface area contributed by atoms with E-state index in [4.69, 9.17) is 0 Å². The van der Waals surface area contributed by atoms with Gasteiger partial charge < -0.3 is 0 Å². The predicted molar refractivity (Wildman–Crippen MR) is 108 cm³/mol. The zero-order chi connectivity index (χ0) is 17.0. The summed E-state index contributed by atoms with van der Waals surface area (Å²) in [6, 6.07) is 0. The third-order valence-electron chi connectivity index (χ3n) is 4.79. The van der Waals surface area contributed by atoms with Gasteiger partial charge in [0, 0.05) is 0 Å². The molecule has 0 heterocycles. The Morgan fingerprint density at radius 2 is 1.00 bits per heavy atom. The molecule has 0 N–H and O–H groups in total. The first-order valence-corrected chi connectivity index (χ1v) is 10.6. The molecule has 0 aromatic rings. The molecule has 0 aliphatic heterocycles. The summed E-state index contributed by atoms with van der Waals surface area (Å²) in [5.74, 6) is 0. The molecular weight excluding hydrogens is 276 g/mol. The van der Waals surface area contributed by atoms with Crippen molar-refractivity contribution in [2.24, 2.45) is 0 Å². The molecule has 0 fully saturated rings. The Kier molecular flexibility index (Phi) is 19.1. The van der Waals surface area contributed by atoms with Crippen LogP contribution in [0.2, 0.25) is 0 Å². The van der Waals surface area contributed by atoms with E-state index in [0.29, 0.717) is 0 Å². The fourth-order valence-corrected chi connectivity index (χ4v) is 3.26. The Balaban J connectivity index is 3.02. The first kappa shape index (κ1) is 22.5. The Hall–Kier alpha value is -0.520. The van der Waals surface area contributed by atoms with Crippen LogP contribution >= 0.6 is 0 Å². The summed E-state index contributed by atoms with van der Waals surface area (Å²) in [5.41, 5.74) is 1.47. The van der Waals surface area contributed by atoms with Crippen LogP contribution in [0.25, 0.3) is 0 Å². The van der Waals surface area contributed by atoms with Gasteiger partial charge in [-0.05, 0) is 32.1 Å². The van der Waals surface area contributed by atoms with Crippen molar-refractivity contribution in [2.45, 2.75) is 122 Å². The van der Waals surface area contributed by atoms with Gasteiger partial charge in [-0.15, -0.1) is 6.58 Å². The quantitative estimate of drug-likeness (QED) is 0.165. The highest BCUT2D eigenvalue weighted by Crippen LogP contribution is 2.15. The third kappa shape index (κ3) is 19.4. The highest BCUT2D eigenvalue weighted by atomic mass is 14.0. The molecule has 0 bridgehead atoms. The second kappa shape index (κ2) is 19.5. The minimum absolute atomic E-state index is 1.20. The summed E-state index contributed by atoms with van der Waals surface area (Å²) >= 11 is 0. The van der Waals surface area contributed by atoms with Crippen molar-refractivity contribution >= 4 is 0 Å². The molecule has 0 aromatic heterocycles. The summed E-state index contributed by atoms with van der Waals surface area (Å²) in [6.45, 7) is 10.2. The van der Waals surface area contributed by atoms with E-state index in [1.165, 1.54) is 121 Å². The Bertz CT molecular complexity index is 251. The number of hydrogen-bond donors (Lipinski definition) is 0. The molecule has 0 saturated heterocycles. The van der Waals surface area contributed by atoms with Crippen molar-refractivity contribution in [3.05, 3.63) is 24.8 Å². The third-order valence-corrected chi connectivity index (χ3v) is 4.79. The lowest BCUT2D eigenvalue weighted by Crippen LogP contribution is -1.85. The van der Waals surface area contributed by atoms with E-state index in [2.05, 4.69) is 20.1 Å².